The number of aliphatic hydroxyl groups is 2. The summed E-state index contributed by atoms with van der Waals surface area (Å²) >= 11 is 0. The molecule has 0 spiro atoms. The molecule has 2 saturated heterocycles. The number of carbonyl (C=O) groups excluding carboxylic acids is 1. The van der Waals surface area contributed by atoms with Gasteiger partial charge in [0.15, 0.2) is 11.4 Å². The van der Waals surface area contributed by atoms with Crippen LogP contribution in [0.3, 0.4) is 0 Å². The van der Waals surface area contributed by atoms with E-state index in [4.69, 9.17) is 9.84 Å². The molecule has 2 N–H and O–H groups in total. The van der Waals surface area contributed by atoms with Crippen LogP contribution in [0.2, 0.25) is 0 Å². The summed E-state index contributed by atoms with van der Waals surface area (Å²) in [7, 11) is 0. The van der Waals surface area contributed by atoms with Crippen LogP contribution in [0.25, 0.3) is 22.4 Å². The van der Waals surface area contributed by atoms with Gasteiger partial charge < -0.3 is 14.9 Å². The van der Waals surface area contributed by atoms with Crippen LogP contribution in [0, 0.1) is 0 Å². The zero-order valence-corrected chi connectivity index (χ0v) is 23.9. The second-order valence-electron chi connectivity index (χ2n) is 11.3. The molecule has 2 unspecified atom stereocenters. The van der Waals surface area contributed by atoms with Gasteiger partial charge in [-0.15, -0.1) is 0 Å². The number of aromatic nitrogens is 4. The van der Waals surface area contributed by atoms with E-state index >= 15 is 0 Å². The fourth-order valence-electron chi connectivity index (χ4n) is 6.16. The number of rotatable bonds is 9. The van der Waals surface area contributed by atoms with Crippen molar-refractivity contribution < 1.29 is 19.7 Å². The summed E-state index contributed by atoms with van der Waals surface area (Å²) in [4.78, 5) is 35.7. The summed E-state index contributed by atoms with van der Waals surface area (Å²) in [5.74, 6) is -0.0659. The number of nitrogens with zero attached hydrogens (tertiary/aromatic N) is 7. The van der Waals surface area contributed by atoms with E-state index < -0.39 is 0 Å². The lowest BCUT2D eigenvalue weighted by Gasteiger charge is -2.33. The van der Waals surface area contributed by atoms with Crippen molar-refractivity contribution in [3.05, 3.63) is 53.8 Å². The Labute approximate surface area is 245 Å². The van der Waals surface area contributed by atoms with E-state index in [0.717, 1.165) is 93.1 Å². The molecule has 1 aromatic carbocycles. The number of carbonyl (C=O) groups is 1. The molecule has 0 amide bonds. The number of hydrogen-bond donors (Lipinski definition) is 2. The number of aliphatic imine (C=N–C) groups is 1. The molecule has 2 fully saturated rings. The number of benzene rings is 1. The Morgan fingerprint density at radius 1 is 1.00 bits per heavy atom. The van der Waals surface area contributed by atoms with Crippen molar-refractivity contribution in [1.29, 1.82) is 0 Å². The first kappa shape index (κ1) is 28.6. The van der Waals surface area contributed by atoms with Crippen molar-refractivity contribution in [3.63, 3.8) is 0 Å². The Bertz CT molecular complexity index is 1440. The van der Waals surface area contributed by atoms with E-state index in [9.17, 15) is 9.90 Å². The smallest absolute Gasteiger partial charge is 0.168 e. The topological polar surface area (TPSA) is 129 Å². The van der Waals surface area contributed by atoms with Crippen LogP contribution in [0.5, 0.6) is 0 Å². The number of ketones is 1. The maximum absolute atomic E-state index is 13.0. The molecule has 3 aromatic rings. The van der Waals surface area contributed by atoms with E-state index in [1.54, 1.807) is 18.9 Å². The average molecular weight is 574 g/mol. The molecule has 6 rings (SSSR count). The maximum Gasteiger partial charge on any atom is 0.168 e. The number of imidazole rings is 1. The predicted octanol–water partition coefficient (Wildman–Crippen LogP) is 3.13. The highest BCUT2D eigenvalue weighted by Crippen LogP contribution is 2.35. The molecule has 11 nitrogen and oxygen atoms in total. The average Bonchev–Trinajstić information content (AvgIpc) is 3.46. The van der Waals surface area contributed by atoms with Crippen molar-refractivity contribution >= 4 is 23.2 Å². The molecule has 2 aliphatic heterocycles. The maximum atomic E-state index is 13.0. The highest BCUT2D eigenvalue weighted by molar-refractivity contribution is 6.14. The minimum absolute atomic E-state index is 0.0487. The number of piperazine rings is 1. The first-order chi connectivity index (χ1) is 20.6. The Morgan fingerprint density at radius 3 is 2.50 bits per heavy atom. The standard InChI is InChI=1S/C31H39N7O4/c39-15-14-37-12-10-36(11-13-37)9-8-32-19-25-26(40)17-24(18-27(25)41)22-4-6-23(7-5-22)29-30-31(34-20-33-29)38(21-35-30)28-3-1-2-16-42-28/h4-7,19-21,24,28,39-40H,1-3,8-18H2. The molecule has 0 bridgehead atoms. The molecule has 222 valence electrons. The van der Waals surface area contributed by atoms with E-state index in [-0.39, 0.29) is 30.3 Å². The summed E-state index contributed by atoms with van der Waals surface area (Å²) in [5, 5.41) is 19.8. The lowest BCUT2D eigenvalue weighted by Crippen LogP contribution is -2.47. The van der Waals surface area contributed by atoms with Crippen LogP contribution in [-0.4, -0.2) is 111 Å². The summed E-state index contributed by atoms with van der Waals surface area (Å²) in [6.07, 6.45) is 8.75. The molecular formula is C31H39N7O4. The number of allylic oxidation sites excluding steroid dienone is 2. The van der Waals surface area contributed by atoms with Crippen LogP contribution in [0.15, 0.2) is 53.2 Å². The highest BCUT2D eigenvalue weighted by atomic mass is 16.5. The molecule has 2 aromatic heterocycles. The van der Waals surface area contributed by atoms with Gasteiger partial charge in [-0.25, -0.2) is 15.0 Å². The molecule has 0 radical (unpaired) electrons. The Balaban J connectivity index is 1.08. The number of β-amino-alcohol motifs (C(OH)–C–C–N with tert-alkyl or cyclic N) is 1. The fraction of sp³-hybridized carbons (Fsp3) is 0.516. The van der Waals surface area contributed by atoms with Crippen molar-refractivity contribution in [2.24, 2.45) is 4.99 Å². The van der Waals surface area contributed by atoms with Crippen molar-refractivity contribution in [3.8, 4) is 11.3 Å². The second kappa shape index (κ2) is 13.2. The Morgan fingerprint density at radius 2 is 1.79 bits per heavy atom. The third-order valence-corrected chi connectivity index (χ3v) is 8.61. The largest absolute Gasteiger partial charge is 0.511 e. The number of aliphatic hydroxyl groups excluding tert-OH is 2. The van der Waals surface area contributed by atoms with Gasteiger partial charge in [0, 0.05) is 70.5 Å². The molecule has 2 atom stereocenters. The number of ether oxygens (including phenoxy) is 1. The van der Waals surface area contributed by atoms with Crippen LogP contribution >= 0.6 is 0 Å². The normalized spacial score (nSPS) is 22.9. The van der Waals surface area contributed by atoms with Gasteiger partial charge in [-0.3, -0.25) is 24.2 Å². The van der Waals surface area contributed by atoms with Gasteiger partial charge in [0.05, 0.1) is 25.1 Å². The van der Waals surface area contributed by atoms with E-state index in [0.29, 0.717) is 25.0 Å². The van der Waals surface area contributed by atoms with E-state index in [1.807, 2.05) is 28.8 Å². The van der Waals surface area contributed by atoms with Crippen molar-refractivity contribution in [2.75, 3.05) is 59.0 Å². The van der Waals surface area contributed by atoms with E-state index in [1.165, 1.54) is 0 Å². The molecule has 4 heterocycles. The van der Waals surface area contributed by atoms with Gasteiger partial charge in [0.2, 0.25) is 0 Å². The quantitative estimate of drug-likeness (QED) is 0.371. The minimum Gasteiger partial charge on any atom is -0.511 e. The van der Waals surface area contributed by atoms with Gasteiger partial charge in [0.1, 0.15) is 29.5 Å². The second-order valence-corrected chi connectivity index (χ2v) is 11.3. The molecular weight excluding hydrogens is 534 g/mol. The third-order valence-electron chi connectivity index (χ3n) is 8.61. The Hall–Kier alpha value is -3.51. The number of hydrogen-bond acceptors (Lipinski definition) is 10. The third kappa shape index (κ3) is 6.29. The Kier molecular flexibility index (Phi) is 8.99. The van der Waals surface area contributed by atoms with Crippen LogP contribution in [-0.2, 0) is 9.53 Å². The zero-order valence-electron chi connectivity index (χ0n) is 23.9. The molecule has 3 aliphatic rings. The lowest BCUT2D eigenvalue weighted by molar-refractivity contribution is -0.116. The molecule has 1 aliphatic carbocycles. The SMILES string of the molecule is O=C1CC(c2ccc(-c3ncnc4c3ncn4C3CCCCO3)cc2)CC(O)=C1C=NCCN1CCN(CCO)CC1. The molecule has 0 saturated carbocycles. The van der Waals surface area contributed by atoms with Gasteiger partial charge in [-0.2, -0.15) is 0 Å². The summed E-state index contributed by atoms with van der Waals surface area (Å²) < 4.78 is 7.94. The van der Waals surface area contributed by atoms with Gasteiger partial charge in [0.25, 0.3) is 0 Å². The monoisotopic (exact) mass is 573 g/mol. The van der Waals surface area contributed by atoms with Crippen LogP contribution < -0.4 is 0 Å². The van der Waals surface area contributed by atoms with Crippen LogP contribution in [0.4, 0.5) is 0 Å². The predicted molar refractivity (Wildman–Crippen MR) is 160 cm³/mol. The van der Waals surface area contributed by atoms with Gasteiger partial charge in [-0.1, -0.05) is 24.3 Å². The highest BCUT2D eigenvalue weighted by Gasteiger charge is 2.28. The zero-order chi connectivity index (χ0) is 28.9. The summed E-state index contributed by atoms with van der Waals surface area (Å²) in [6.45, 7) is 6.84. The number of Topliss-reactive ketones (excluding diaryl/α,β-unsaturated/α-hetero) is 1. The minimum atomic E-state index is -0.0907. The molecule has 11 heteroatoms. The van der Waals surface area contributed by atoms with Crippen molar-refractivity contribution in [1.82, 2.24) is 29.3 Å². The summed E-state index contributed by atoms with van der Waals surface area (Å²) in [6, 6.07) is 8.02. The van der Waals surface area contributed by atoms with Gasteiger partial charge >= 0.3 is 0 Å². The molecule has 42 heavy (non-hydrogen) atoms. The summed E-state index contributed by atoms with van der Waals surface area (Å²) in [5.41, 5.74) is 4.51. The van der Waals surface area contributed by atoms with Crippen molar-refractivity contribution in [2.45, 2.75) is 44.2 Å². The van der Waals surface area contributed by atoms with Gasteiger partial charge in [-0.05, 0) is 30.7 Å². The fourth-order valence-corrected chi connectivity index (χ4v) is 6.16. The first-order valence-corrected chi connectivity index (χ1v) is 15.0. The van der Waals surface area contributed by atoms with Crippen LogP contribution in [0.1, 0.15) is 49.8 Å². The van der Waals surface area contributed by atoms with E-state index in [2.05, 4.69) is 29.7 Å². The first-order valence-electron chi connectivity index (χ1n) is 15.0. The number of fused-ring (bicyclic) bond motifs is 1. The lowest BCUT2D eigenvalue weighted by atomic mass is 9.82.